The normalized spacial score (nSPS) is 16.1. The maximum absolute atomic E-state index is 13.3. The average Bonchev–Trinajstić information content (AvgIpc) is 3.14. The SMILES string of the molecule is CN(C(=O)c1cc(C(F)(F)F)cc(C(F)(F)F)c1)[C@@H](/C=C/C(=O)NC1CCCCCC1)Cc1ccc(Cl)cc1. The minimum absolute atomic E-state index is 0.0182. The molecule has 0 saturated heterocycles. The highest BCUT2D eigenvalue weighted by atomic mass is 35.5. The lowest BCUT2D eigenvalue weighted by Gasteiger charge is -2.27. The number of nitrogens with one attached hydrogen (secondary N) is 1. The van der Waals surface area contributed by atoms with E-state index in [1.165, 1.54) is 19.2 Å². The second-order valence-electron chi connectivity index (χ2n) is 9.66. The number of likely N-dealkylation sites (N-methyl/N-ethyl adjacent to an activating group) is 1. The summed E-state index contributed by atoms with van der Waals surface area (Å²) in [4.78, 5) is 26.9. The predicted molar refractivity (Wildman–Crippen MR) is 136 cm³/mol. The van der Waals surface area contributed by atoms with E-state index in [-0.39, 0.29) is 24.4 Å². The number of halogens is 7. The molecular formula is C28H29ClF6N2O2. The Balaban J connectivity index is 1.89. The molecule has 1 N–H and O–H groups in total. The number of amides is 2. The van der Waals surface area contributed by atoms with Crippen LogP contribution in [0.5, 0.6) is 0 Å². The van der Waals surface area contributed by atoms with E-state index >= 15 is 0 Å². The fourth-order valence-electron chi connectivity index (χ4n) is 4.50. The van der Waals surface area contributed by atoms with Crippen LogP contribution in [0.1, 0.15) is 65.6 Å². The van der Waals surface area contributed by atoms with Crippen molar-refractivity contribution in [2.45, 2.75) is 69.4 Å². The third-order valence-electron chi connectivity index (χ3n) is 6.68. The van der Waals surface area contributed by atoms with E-state index in [4.69, 9.17) is 11.6 Å². The Morgan fingerprint density at radius 2 is 1.49 bits per heavy atom. The maximum Gasteiger partial charge on any atom is 0.416 e. The van der Waals surface area contributed by atoms with Gasteiger partial charge in [0.15, 0.2) is 0 Å². The Morgan fingerprint density at radius 3 is 2.00 bits per heavy atom. The summed E-state index contributed by atoms with van der Waals surface area (Å²) in [6.07, 6.45) is -1.46. The highest BCUT2D eigenvalue weighted by molar-refractivity contribution is 6.30. The summed E-state index contributed by atoms with van der Waals surface area (Å²) in [7, 11) is 1.27. The van der Waals surface area contributed by atoms with Crippen LogP contribution >= 0.6 is 11.6 Å². The van der Waals surface area contributed by atoms with Crippen molar-refractivity contribution in [3.05, 3.63) is 81.9 Å². The van der Waals surface area contributed by atoms with E-state index < -0.39 is 41.0 Å². The lowest BCUT2D eigenvalue weighted by atomic mass is 10.0. The number of nitrogens with zero attached hydrogens (tertiary/aromatic N) is 1. The second kappa shape index (κ2) is 12.9. The zero-order valence-corrected chi connectivity index (χ0v) is 22.0. The van der Waals surface area contributed by atoms with E-state index in [0.717, 1.165) is 43.4 Å². The predicted octanol–water partition coefficient (Wildman–Crippen LogP) is 7.46. The van der Waals surface area contributed by atoms with Gasteiger partial charge in [-0.2, -0.15) is 26.3 Å². The van der Waals surface area contributed by atoms with Gasteiger partial charge in [0.2, 0.25) is 5.91 Å². The molecule has 11 heteroatoms. The molecule has 1 aliphatic rings. The molecule has 0 bridgehead atoms. The molecule has 2 aromatic rings. The van der Waals surface area contributed by atoms with Crippen molar-refractivity contribution in [2.24, 2.45) is 0 Å². The summed E-state index contributed by atoms with van der Waals surface area (Å²) in [5.74, 6) is -1.44. The smallest absolute Gasteiger partial charge is 0.350 e. The van der Waals surface area contributed by atoms with E-state index in [9.17, 15) is 35.9 Å². The van der Waals surface area contributed by atoms with E-state index in [1.807, 2.05) is 0 Å². The third-order valence-corrected chi connectivity index (χ3v) is 6.93. The van der Waals surface area contributed by atoms with Gasteiger partial charge in [0, 0.05) is 29.8 Å². The summed E-state index contributed by atoms with van der Waals surface area (Å²) < 4.78 is 80.1. The van der Waals surface area contributed by atoms with E-state index in [0.29, 0.717) is 22.7 Å². The van der Waals surface area contributed by atoms with E-state index in [2.05, 4.69) is 5.32 Å². The van der Waals surface area contributed by atoms with Crippen LogP contribution in [0, 0.1) is 0 Å². The minimum Gasteiger partial charge on any atom is -0.350 e. The molecule has 1 fully saturated rings. The van der Waals surface area contributed by atoms with Gasteiger partial charge in [-0.25, -0.2) is 0 Å². The minimum atomic E-state index is -5.09. The number of carbonyl (C=O) groups is 2. The van der Waals surface area contributed by atoms with Gasteiger partial charge in [-0.15, -0.1) is 0 Å². The van der Waals surface area contributed by atoms with Crippen molar-refractivity contribution < 1.29 is 35.9 Å². The fourth-order valence-corrected chi connectivity index (χ4v) is 4.63. The summed E-state index contributed by atoms with van der Waals surface area (Å²) in [5.41, 5.74) is -3.24. The molecule has 39 heavy (non-hydrogen) atoms. The number of alkyl halides is 6. The van der Waals surface area contributed by atoms with Crippen molar-refractivity contribution in [3.8, 4) is 0 Å². The number of rotatable bonds is 7. The number of hydrogen-bond donors (Lipinski definition) is 1. The molecule has 0 heterocycles. The number of carbonyl (C=O) groups excluding carboxylic acids is 2. The quantitative estimate of drug-likeness (QED) is 0.212. The number of benzene rings is 2. The van der Waals surface area contributed by atoms with Gasteiger partial charge in [0.05, 0.1) is 17.2 Å². The van der Waals surface area contributed by atoms with Gasteiger partial charge in [-0.05, 0) is 55.2 Å². The third kappa shape index (κ3) is 9.02. The van der Waals surface area contributed by atoms with Crippen molar-refractivity contribution in [3.63, 3.8) is 0 Å². The Bertz CT molecular complexity index is 1140. The van der Waals surface area contributed by atoms with Crippen LogP contribution in [0.3, 0.4) is 0 Å². The van der Waals surface area contributed by atoms with Gasteiger partial charge in [0.25, 0.3) is 5.91 Å². The van der Waals surface area contributed by atoms with Crippen LogP contribution in [-0.2, 0) is 23.6 Å². The van der Waals surface area contributed by atoms with Crippen molar-refractivity contribution >= 4 is 23.4 Å². The lowest BCUT2D eigenvalue weighted by Crippen LogP contribution is -2.38. The number of hydrogen-bond acceptors (Lipinski definition) is 2. The molecule has 1 atom stereocenters. The molecule has 2 amide bonds. The molecule has 1 aliphatic carbocycles. The summed E-state index contributed by atoms with van der Waals surface area (Å²) in [6, 6.07) is 6.51. The summed E-state index contributed by atoms with van der Waals surface area (Å²) >= 11 is 5.94. The lowest BCUT2D eigenvalue weighted by molar-refractivity contribution is -0.143. The molecule has 3 rings (SSSR count). The zero-order valence-electron chi connectivity index (χ0n) is 21.2. The highest BCUT2D eigenvalue weighted by Gasteiger charge is 2.38. The van der Waals surface area contributed by atoms with Crippen molar-refractivity contribution in [2.75, 3.05) is 7.05 Å². The van der Waals surface area contributed by atoms with Crippen LogP contribution in [0.2, 0.25) is 5.02 Å². The molecular weight excluding hydrogens is 546 g/mol. The fraction of sp³-hybridized carbons (Fsp3) is 0.429. The van der Waals surface area contributed by atoms with E-state index in [1.54, 1.807) is 24.3 Å². The van der Waals surface area contributed by atoms with Gasteiger partial charge in [-0.1, -0.05) is 55.5 Å². The van der Waals surface area contributed by atoms with Gasteiger partial charge < -0.3 is 10.2 Å². The molecule has 2 aromatic carbocycles. The van der Waals surface area contributed by atoms with Crippen LogP contribution in [0.4, 0.5) is 26.3 Å². The molecule has 1 saturated carbocycles. The molecule has 0 unspecified atom stereocenters. The maximum atomic E-state index is 13.3. The Labute approximate surface area is 228 Å². The Kier molecular flexibility index (Phi) is 10.1. The van der Waals surface area contributed by atoms with Crippen LogP contribution in [0.25, 0.3) is 0 Å². The van der Waals surface area contributed by atoms with Crippen LogP contribution in [0.15, 0.2) is 54.6 Å². The second-order valence-corrected chi connectivity index (χ2v) is 10.1. The van der Waals surface area contributed by atoms with Crippen molar-refractivity contribution in [1.29, 1.82) is 0 Å². The molecule has 4 nitrogen and oxygen atoms in total. The molecule has 0 aliphatic heterocycles. The molecule has 0 aromatic heterocycles. The first kappa shape index (κ1) is 30.5. The van der Waals surface area contributed by atoms with Gasteiger partial charge in [0.1, 0.15) is 0 Å². The first-order valence-electron chi connectivity index (χ1n) is 12.5. The Morgan fingerprint density at radius 1 is 0.949 bits per heavy atom. The van der Waals surface area contributed by atoms with Gasteiger partial charge in [-0.3, -0.25) is 9.59 Å². The van der Waals surface area contributed by atoms with Crippen LogP contribution in [-0.4, -0.2) is 35.8 Å². The monoisotopic (exact) mass is 574 g/mol. The molecule has 0 spiro atoms. The Hall–Kier alpha value is -3.01. The standard InChI is InChI=1S/C28H29ClF6N2O2/c1-37(26(39)19-15-20(27(30,31)32)17-21(16-19)28(33,34)35)24(14-18-8-10-22(29)11-9-18)12-13-25(38)36-23-6-4-2-3-5-7-23/h8-13,15-17,23-24H,2-7,14H2,1H3,(H,36,38)/b13-12+/t24-/m0/s1. The largest absolute Gasteiger partial charge is 0.416 e. The molecule has 212 valence electrons. The van der Waals surface area contributed by atoms with Crippen molar-refractivity contribution in [1.82, 2.24) is 10.2 Å². The molecule has 0 radical (unpaired) electrons. The summed E-state index contributed by atoms with van der Waals surface area (Å²) in [5, 5.41) is 3.40. The highest BCUT2D eigenvalue weighted by Crippen LogP contribution is 2.36. The summed E-state index contributed by atoms with van der Waals surface area (Å²) in [6.45, 7) is 0. The topological polar surface area (TPSA) is 49.4 Å². The zero-order chi connectivity index (χ0) is 28.8. The first-order valence-corrected chi connectivity index (χ1v) is 12.9. The van der Waals surface area contributed by atoms with Gasteiger partial charge >= 0.3 is 12.4 Å². The average molecular weight is 575 g/mol. The first-order chi connectivity index (χ1) is 18.2. The van der Waals surface area contributed by atoms with Crippen LogP contribution < -0.4 is 5.32 Å².